The highest BCUT2D eigenvalue weighted by atomic mass is 16.6. The Labute approximate surface area is 183 Å². The Morgan fingerprint density at radius 1 is 1.12 bits per heavy atom. The van der Waals surface area contributed by atoms with E-state index in [1.807, 2.05) is 0 Å². The van der Waals surface area contributed by atoms with Crippen LogP contribution in [-0.2, 0) is 28.6 Å². The van der Waals surface area contributed by atoms with Gasteiger partial charge in [0.15, 0.2) is 0 Å². The van der Waals surface area contributed by atoms with Crippen LogP contribution in [0.25, 0.3) is 0 Å². The number of aliphatic carboxylic acids is 1. The first-order valence-corrected chi connectivity index (χ1v) is 9.80. The van der Waals surface area contributed by atoms with E-state index < -0.39 is 35.4 Å². The Morgan fingerprint density at radius 2 is 1.75 bits per heavy atom. The van der Waals surface area contributed by atoms with E-state index in [9.17, 15) is 24.5 Å². The summed E-state index contributed by atoms with van der Waals surface area (Å²) < 4.78 is 15.5. The molecule has 0 saturated heterocycles. The first kappa shape index (κ1) is 24.5. The maximum absolute atomic E-state index is 12.9. The minimum absolute atomic E-state index is 0.0219. The lowest BCUT2D eigenvalue weighted by Crippen LogP contribution is -2.35. The van der Waals surface area contributed by atoms with Gasteiger partial charge in [-0.05, 0) is 26.3 Å². The molecule has 2 rings (SSSR count). The van der Waals surface area contributed by atoms with Crippen LogP contribution >= 0.6 is 0 Å². The van der Waals surface area contributed by atoms with Crippen molar-refractivity contribution in [1.82, 2.24) is 5.32 Å². The molecular formula is C21H24N2O9. The molecule has 0 bridgehead atoms. The lowest BCUT2D eigenvalue weighted by atomic mass is 9.80. The second-order valence-corrected chi connectivity index (χ2v) is 6.67. The van der Waals surface area contributed by atoms with Gasteiger partial charge in [0.2, 0.25) is 0 Å². The van der Waals surface area contributed by atoms with Gasteiger partial charge in [-0.15, -0.1) is 0 Å². The van der Waals surface area contributed by atoms with Gasteiger partial charge in [0.25, 0.3) is 5.69 Å². The highest BCUT2D eigenvalue weighted by Crippen LogP contribution is 2.40. The predicted octanol–water partition coefficient (Wildman–Crippen LogP) is 2.04. The number of non-ortho nitro benzene ring substituents is 1. The van der Waals surface area contributed by atoms with Crippen molar-refractivity contribution in [3.05, 3.63) is 62.5 Å². The zero-order valence-corrected chi connectivity index (χ0v) is 17.9. The minimum atomic E-state index is -1.20. The summed E-state index contributed by atoms with van der Waals surface area (Å²) >= 11 is 0. The molecule has 1 aromatic rings. The average molecular weight is 448 g/mol. The molecule has 1 aromatic carbocycles. The van der Waals surface area contributed by atoms with E-state index >= 15 is 0 Å². The number of hydrogen-bond donors (Lipinski definition) is 2. The number of nitrogens with one attached hydrogen (secondary N) is 1. The molecule has 1 atom stereocenters. The third-order valence-electron chi connectivity index (χ3n) is 4.52. The predicted molar refractivity (Wildman–Crippen MR) is 110 cm³/mol. The number of ether oxygens (including phenoxy) is 3. The molecule has 0 amide bonds. The number of carbonyl (C=O) groups is 3. The number of nitro benzene ring substituents is 1. The first-order chi connectivity index (χ1) is 15.2. The van der Waals surface area contributed by atoms with Gasteiger partial charge >= 0.3 is 17.9 Å². The van der Waals surface area contributed by atoms with Crippen LogP contribution < -0.4 is 5.32 Å². The van der Waals surface area contributed by atoms with E-state index in [0.717, 1.165) is 0 Å². The van der Waals surface area contributed by atoms with Crippen LogP contribution in [-0.4, -0.2) is 54.4 Å². The molecule has 1 unspecified atom stereocenters. The number of carbonyl (C=O) groups excluding carboxylic acids is 2. The van der Waals surface area contributed by atoms with E-state index in [2.05, 4.69) is 5.32 Å². The van der Waals surface area contributed by atoms with Crippen molar-refractivity contribution in [2.75, 3.05) is 26.4 Å². The second kappa shape index (κ2) is 11.0. The number of benzene rings is 1. The molecule has 1 heterocycles. The van der Waals surface area contributed by atoms with Gasteiger partial charge in [0, 0.05) is 17.8 Å². The van der Waals surface area contributed by atoms with Crippen molar-refractivity contribution >= 4 is 23.6 Å². The Balaban J connectivity index is 2.70. The standard InChI is InChI=1S/C21H24N2O9/c1-4-31-20(26)17-12(3)22-15(10-30-11-16(24)25)19(21(27)32-5-2)18(17)13-7-6-8-14(9-13)23(28)29/h6-9,18,22H,4-5,10-11H2,1-3H3,(H,24,25). The topological polar surface area (TPSA) is 154 Å². The van der Waals surface area contributed by atoms with Crippen molar-refractivity contribution in [2.24, 2.45) is 0 Å². The number of allylic oxidation sites excluding steroid dienone is 1. The van der Waals surface area contributed by atoms with Crippen LogP contribution in [0.2, 0.25) is 0 Å². The summed E-state index contributed by atoms with van der Waals surface area (Å²) in [6.45, 7) is 4.00. The maximum Gasteiger partial charge on any atom is 0.336 e. The molecule has 2 N–H and O–H groups in total. The third kappa shape index (κ3) is 5.70. The molecule has 1 aliphatic rings. The van der Waals surface area contributed by atoms with Crippen LogP contribution in [0.15, 0.2) is 46.8 Å². The fourth-order valence-electron chi connectivity index (χ4n) is 3.33. The molecule has 0 aromatic heterocycles. The fourth-order valence-corrected chi connectivity index (χ4v) is 3.33. The SMILES string of the molecule is CCOC(=O)C1=C(C)NC(COCC(=O)O)=C(C(=O)OCC)C1c1cccc([N+](=O)[O-])c1. The number of nitro groups is 1. The van der Waals surface area contributed by atoms with Gasteiger partial charge in [-0.2, -0.15) is 0 Å². The summed E-state index contributed by atoms with van der Waals surface area (Å²) in [4.78, 5) is 47.3. The van der Waals surface area contributed by atoms with Crippen molar-refractivity contribution in [2.45, 2.75) is 26.7 Å². The monoisotopic (exact) mass is 448 g/mol. The minimum Gasteiger partial charge on any atom is -0.480 e. The molecule has 1 aliphatic heterocycles. The number of dihydropyridines is 1. The molecule has 0 aliphatic carbocycles. The van der Waals surface area contributed by atoms with Gasteiger partial charge < -0.3 is 24.6 Å². The van der Waals surface area contributed by atoms with Crippen LogP contribution in [0.1, 0.15) is 32.3 Å². The van der Waals surface area contributed by atoms with E-state index in [1.54, 1.807) is 26.8 Å². The summed E-state index contributed by atoms with van der Waals surface area (Å²) in [7, 11) is 0. The summed E-state index contributed by atoms with van der Waals surface area (Å²) in [5.41, 5.74) is 0.646. The summed E-state index contributed by atoms with van der Waals surface area (Å²) in [5.74, 6) is -3.74. The molecule has 11 heteroatoms. The number of carboxylic acid groups (broad SMARTS) is 1. The van der Waals surface area contributed by atoms with Gasteiger partial charge in [0.05, 0.1) is 47.5 Å². The number of hydrogen-bond acceptors (Lipinski definition) is 9. The fraction of sp³-hybridized carbons (Fsp3) is 0.381. The molecular weight excluding hydrogens is 424 g/mol. The van der Waals surface area contributed by atoms with Gasteiger partial charge in [-0.3, -0.25) is 10.1 Å². The van der Waals surface area contributed by atoms with Crippen molar-refractivity contribution in [3.8, 4) is 0 Å². The van der Waals surface area contributed by atoms with Crippen molar-refractivity contribution in [1.29, 1.82) is 0 Å². The lowest BCUT2D eigenvalue weighted by Gasteiger charge is -2.31. The van der Waals surface area contributed by atoms with Crippen LogP contribution in [0.3, 0.4) is 0 Å². The second-order valence-electron chi connectivity index (χ2n) is 6.67. The van der Waals surface area contributed by atoms with Gasteiger partial charge in [-0.25, -0.2) is 14.4 Å². The summed E-state index contributed by atoms with van der Waals surface area (Å²) in [5, 5.41) is 23.1. The Bertz CT molecular complexity index is 981. The highest BCUT2D eigenvalue weighted by molar-refractivity contribution is 6.00. The van der Waals surface area contributed by atoms with Crippen LogP contribution in [0, 0.1) is 10.1 Å². The zero-order chi connectivity index (χ0) is 23.8. The average Bonchev–Trinajstić information content (AvgIpc) is 2.73. The first-order valence-electron chi connectivity index (χ1n) is 9.80. The molecule has 172 valence electrons. The normalized spacial score (nSPS) is 15.8. The summed E-state index contributed by atoms with van der Waals surface area (Å²) in [6, 6.07) is 5.54. The molecule has 11 nitrogen and oxygen atoms in total. The molecule has 0 spiro atoms. The van der Waals surface area contributed by atoms with Gasteiger partial charge in [0.1, 0.15) is 6.61 Å². The van der Waals surface area contributed by atoms with Crippen molar-refractivity contribution in [3.63, 3.8) is 0 Å². The maximum atomic E-state index is 12.9. The zero-order valence-electron chi connectivity index (χ0n) is 17.9. The van der Waals surface area contributed by atoms with E-state index in [4.69, 9.17) is 19.3 Å². The smallest absolute Gasteiger partial charge is 0.336 e. The van der Waals surface area contributed by atoms with E-state index in [-0.39, 0.29) is 42.4 Å². The Morgan fingerprint density at radius 3 is 2.31 bits per heavy atom. The van der Waals surface area contributed by atoms with Gasteiger partial charge in [-0.1, -0.05) is 12.1 Å². The molecule has 0 radical (unpaired) electrons. The third-order valence-corrected chi connectivity index (χ3v) is 4.52. The number of nitrogens with zero attached hydrogens (tertiary/aromatic N) is 1. The Kier molecular flexibility index (Phi) is 8.47. The van der Waals surface area contributed by atoms with E-state index in [0.29, 0.717) is 11.3 Å². The molecule has 32 heavy (non-hydrogen) atoms. The number of rotatable bonds is 10. The lowest BCUT2D eigenvalue weighted by molar-refractivity contribution is -0.384. The summed E-state index contributed by atoms with van der Waals surface area (Å²) in [6.07, 6.45) is 0. The van der Waals surface area contributed by atoms with Crippen LogP contribution in [0.4, 0.5) is 5.69 Å². The quantitative estimate of drug-likeness (QED) is 0.309. The van der Waals surface area contributed by atoms with Crippen LogP contribution in [0.5, 0.6) is 0 Å². The largest absolute Gasteiger partial charge is 0.480 e. The molecule has 0 saturated carbocycles. The number of carboxylic acids is 1. The number of esters is 2. The van der Waals surface area contributed by atoms with E-state index in [1.165, 1.54) is 18.2 Å². The van der Waals surface area contributed by atoms with Crippen molar-refractivity contribution < 1.29 is 38.6 Å². The molecule has 0 fully saturated rings. The Hall–Kier alpha value is -3.73. The highest BCUT2D eigenvalue weighted by Gasteiger charge is 2.39.